The zero-order valence-electron chi connectivity index (χ0n) is 12.7. The monoisotopic (exact) mass is 293 g/mol. The summed E-state index contributed by atoms with van der Waals surface area (Å²) in [6.45, 7) is 5.71. The summed E-state index contributed by atoms with van der Waals surface area (Å²) >= 11 is 0. The van der Waals surface area contributed by atoms with Gasteiger partial charge in [-0.2, -0.15) is 10.9 Å². The van der Waals surface area contributed by atoms with Gasteiger partial charge >= 0.3 is 0 Å². The fraction of sp³-hybridized carbons (Fsp3) is 0.588. The van der Waals surface area contributed by atoms with Crippen LogP contribution < -0.4 is 0 Å². The van der Waals surface area contributed by atoms with Crippen molar-refractivity contribution in [3.05, 3.63) is 29.3 Å². The van der Waals surface area contributed by atoms with E-state index in [1.54, 1.807) is 0 Å². The highest BCUT2D eigenvalue weighted by molar-refractivity contribution is 8.30. The molecule has 1 aliphatic rings. The maximum atomic E-state index is 9.12. The van der Waals surface area contributed by atoms with Gasteiger partial charge in [-0.15, -0.1) is 0 Å². The normalized spacial score (nSPS) is 20.1. The van der Waals surface area contributed by atoms with E-state index < -0.39 is 0 Å². The number of aliphatic hydroxyl groups excluding tert-OH is 1. The van der Waals surface area contributed by atoms with Crippen LogP contribution in [0.3, 0.4) is 0 Å². The maximum absolute atomic E-state index is 9.12. The van der Waals surface area contributed by atoms with Gasteiger partial charge in [-0.05, 0) is 48.3 Å². The number of hydrogen-bond acceptors (Lipinski definition) is 2. The first kappa shape index (κ1) is 15.6. The highest BCUT2D eigenvalue weighted by atomic mass is 32.2. The SMILES string of the molecule is CCCCCC1=NCC[SH]1c1cc(CCO)ccc1C. The predicted molar refractivity (Wildman–Crippen MR) is 90.5 cm³/mol. The molecule has 2 rings (SSSR count). The van der Waals surface area contributed by atoms with Gasteiger partial charge in [-0.25, -0.2) is 0 Å². The molecular formula is C17H27NOS. The third kappa shape index (κ3) is 3.86. The van der Waals surface area contributed by atoms with Crippen LogP contribution in [0.15, 0.2) is 28.1 Å². The second-order valence-corrected chi connectivity index (χ2v) is 7.80. The van der Waals surface area contributed by atoms with E-state index >= 15 is 0 Å². The molecule has 0 saturated carbocycles. The Bertz CT molecular complexity index is 470. The van der Waals surface area contributed by atoms with Gasteiger partial charge in [0.25, 0.3) is 0 Å². The van der Waals surface area contributed by atoms with Gasteiger partial charge < -0.3 is 5.11 Å². The van der Waals surface area contributed by atoms with Gasteiger partial charge in [0.15, 0.2) is 0 Å². The Hall–Kier alpha value is -0.800. The highest BCUT2D eigenvalue weighted by Gasteiger charge is 2.20. The lowest BCUT2D eigenvalue weighted by atomic mass is 10.1. The first-order valence-corrected chi connectivity index (χ1v) is 9.30. The van der Waals surface area contributed by atoms with Crippen molar-refractivity contribution in [3.8, 4) is 0 Å². The number of rotatable bonds is 7. The molecule has 0 radical (unpaired) electrons. The van der Waals surface area contributed by atoms with Crippen molar-refractivity contribution >= 4 is 15.9 Å². The van der Waals surface area contributed by atoms with Gasteiger partial charge in [0, 0.05) is 18.9 Å². The van der Waals surface area contributed by atoms with E-state index in [9.17, 15) is 0 Å². The van der Waals surface area contributed by atoms with Crippen LogP contribution >= 0.6 is 10.9 Å². The topological polar surface area (TPSA) is 32.6 Å². The molecule has 0 saturated heterocycles. The lowest BCUT2D eigenvalue weighted by Crippen LogP contribution is -2.01. The van der Waals surface area contributed by atoms with Crippen LogP contribution in [-0.4, -0.2) is 29.1 Å². The molecule has 2 nitrogen and oxygen atoms in total. The Balaban J connectivity index is 2.13. The molecule has 1 atom stereocenters. The molecule has 0 spiro atoms. The van der Waals surface area contributed by atoms with Crippen LogP contribution in [0.5, 0.6) is 0 Å². The summed E-state index contributed by atoms with van der Waals surface area (Å²) in [6.07, 6.45) is 5.81. The highest BCUT2D eigenvalue weighted by Crippen LogP contribution is 2.44. The maximum Gasteiger partial charge on any atom is 0.0521 e. The van der Waals surface area contributed by atoms with Crippen molar-refractivity contribution in [2.45, 2.75) is 50.8 Å². The third-order valence-electron chi connectivity index (χ3n) is 3.90. The molecule has 0 fully saturated rings. The number of nitrogens with zero attached hydrogens (tertiary/aromatic N) is 1. The van der Waals surface area contributed by atoms with Crippen molar-refractivity contribution in [1.29, 1.82) is 0 Å². The lowest BCUT2D eigenvalue weighted by Gasteiger charge is -2.21. The van der Waals surface area contributed by atoms with E-state index in [0.29, 0.717) is 0 Å². The number of thiol groups is 1. The Labute approximate surface area is 125 Å². The molecule has 1 aromatic carbocycles. The molecule has 3 heteroatoms. The summed E-state index contributed by atoms with van der Waals surface area (Å²) in [5.41, 5.74) is 2.65. The molecule has 1 unspecified atom stereocenters. The Morgan fingerprint density at radius 3 is 2.85 bits per heavy atom. The van der Waals surface area contributed by atoms with E-state index in [0.717, 1.165) is 13.0 Å². The fourth-order valence-corrected chi connectivity index (χ4v) is 5.33. The third-order valence-corrected chi connectivity index (χ3v) is 6.60. The van der Waals surface area contributed by atoms with Crippen LogP contribution in [0.25, 0.3) is 0 Å². The first-order chi connectivity index (χ1) is 9.76. The number of unbranched alkanes of at least 4 members (excludes halogenated alkanes) is 2. The number of aliphatic hydroxyl groups is 1. The zero-order valence-corrected chi connectivity index (χ0v) is 13.6. The summed E-state index contributed by atoms with van der Waals surface area (Å²) in [5, 5.41) is 10.6. The molecule has 0 bridgehead atoms. The smallest absolute Gasteiger partial charge is 0.0521 e. The van der Waals surface area contributed by atoms with Crippen molar-refractivity contribution in [3.63, 3.8) is 0 Å². The second-order valence-electron chi connectivity index (χ2n) is 5.50. The molecule has 1 N–H and O–H groups in total. The van der Waals surface area contributed by atoms with Crippen LogP contribution in [0.2, 0.25) is 0 Å². The van der Waals surface area contributed by atoms with Gasteiger partial charge in [0.2, 0.25) is 0 Å². The van der Waals surface area contributed by atoms with Crippen LogP contribution in [0, 0.1) is 6.92 Å². The summed E-state index contributed by atoms with van der Waals surface area (Å²) in [4.78, 5) is 6.28. The molecular weight excluding hydrogens is 266 g/mol. The van der Waals surface area contributed by atoms with Gasteiger partial charge in [0.1, 0.15) is 0 Å². The van der Waals surface area contributed by atoms with E-state index in [2.05, 4.69) is 32.0 Å². The quantitative estimate of drug-likeness (QED) is 0.580. The van der Waals surface area contributed by atoms with E-state index in [4.69, 9.17) is 10.1 Å². The molecule has 1 aliphatic heterocycles. The Kier molecular flexibility index (Phi) is 6.11. The molecule has 0 aliphatic carbocycles. The number of aryl methyl sites for hydroxylation is 1. The summed E-state index contributed by atoms with van der Waals surface area (Å²) in [5.74, 6) is 1.22. The van der Waals surface area contributed by atoms with Crippen molar-refractivity contribution in [2.24, 2.45) is 4.99 Å². The lowest BCUT2D eigenvalue weighted by molar-refractivity contribution is 0.299. The molecule has 20 heavy (non-hydrogen) atoms. The minimum absolute atomic E-state index is 0.200. The fourth-order valence-electron chi connectivity index (χ4n) is 2.73. The largest absolute Gasteiger partial charge is 0.396 e. The zero-order chi connectivity index (χ0) is 14.4. The van der Waals surface area contributed by atoms with Crippen molar-refractivity contribution < 1.29 is 5.11 Å². The van der Waals surface area contributed by atoms with E-state index in [-0.39, 0.29) is 17.5 Å². The first-order valence-electron chi connectivity index (χ1n) is 7.77. The predicted octanol–water partition coefficient (Wildman–Crippen LogP) is 3.88. The average Bonchev–Trinajstić information content (AvgIpc) is 2.90. The molecule has 1 heterocycles. The summed E-state index contributed by atoms with van der Waals surface area (Å²) in [6, 6.07) is 6.68. The second kappa shape index (κ2) is 7.84. The van der Waals surface area contributed by atoms with E-state index in [1.165, 1.54) is 52.5 Å². The minimum atomic E-state index is -0.200. The van der Waals surface area contributed by atoms with Crippen molar-refractivity contribution in [1.82, 2.24) is 0 Å². The van der Waals surface area contributed by atoms with Gasteiger partial charge in [-0.3, -0.25) is 4.99 Å². The van der Waals surface area contributed by atoms with Gasteiger partial charge in [-0.1, -0.05) is 31.9 Å². The summed E-state index contributed by atoms with van der Waals surface area (Å²) in [7, 11) is -0.200. The molecule has 0 amide bonds. The van der Waals surface area contributed by atoms with Crippen molar-refractivity contribution in [2.75, 3.05) is 18.9 Å². The van der Waals surface area contributed by atoms with E-state index in [1.807, 2.05) is 0 Å². The molecule has 112 valence electrons. The summed E-state index contributed by atoms with van der Waals surface area (Å²) < 4.78 is 0. The minimum Gasteiger partial charge on any atom is -0.396 e. The van der Waals surface area contributed by atoms with Crippen LogP contribution in [0.4, 0.5) is 0 Å². The number of hydrogen-bond donors (Lipinski definition) is 2. The number of aliphatic imine (C=N–C) groups is 1. The Morgan fingerprint density at radius 2 is 2.10 bits per heavy atom. The van der Waals surface area contributed by atoms with Crippen LogP contribution in [0.1, 0.15) is 43.7 Å². The average molecular weight is 293 g/mol. The molecule has 1 aromatic rings. The molecule has 0 aromatic heterocycles. The number of benzene rings is 1. The van der Waals surface area contributed by atoms with Gasteiger partial charge in [0.05, 0.1) is 5.04 Å². The standard InChI is InChI=1S/C17H27NOS/c1-3-4-5-6-17-18-10-12-20(17)16-13-15(9-11-19)8-7-14(16)2/h7-8,13,19-20H,3-6,9-12H2,1-2H3. The Morgan fingerprint density at radius 1 is 1.25 bits per heavy atom. The van der Waals surface area contributed by atoms with Crippen LogP contribution in [-0.2, 0) is 6.42 Å².